The zero-order valence-electron chi connectivity index (χ0n) is 10.6. The highest BCUT2D eigenvalue weighted by molar-refractivity contribution is 5.69. The SMILES string of the molecule is CCC(Cc1ccccc1)NCCC(=O)OC. The van der Waals surface area contributed by atoms with Crippen molar-refractivity contribution >= 4 is 5.97 Å². The van der Waals surface area contributed by atoms with Crippen molar-refractivity contribution in [2.45, 2.75) is 32.2 Å². The van der Waals surface area contributed by atoms with Crippen LogP contribution in [0.3, 0.4) is 0 Å². The topological polar surface area (TPSA) is 38.3 Å². The maximum absolute atomic E-state index is 11.0. The molecule has 3 nitrogen and oxygen atoms in total. The molecule has 0 amide bonds. The maximum Gasteiger partial charge on any atom is 0.306 e. The second kappa shape index (κ2) is 7.85. The number of esters is 1. The summed E-state index contributed by atoms with van der Waals surface area (Å²) in [6.07, 6.45) is 2.48. The van der Waals surface area contributed by atoms with Gasteiger partial charge in [-0.1, -0.05) is 37.3 Å². The van der Waals surface area contributed by atoms with Crippen molar-refractivity contribution < 1.29 is 9.53 Å². The Hall–Kier alpha value is -1.35. The van der Waals surface area contributed by atoms with Gasteiger partial charge in [0.2, 0.25) is 0 Å². The molecule has 0 saturated carbocycles. The van der Waals surface area contributed by atoms with Crippen molar-refractivity contribution in [3.8, 4) is 0 Å². The molecule has 0 aliphatic rings. The van der Waals surface area contributed by atoms with Crippen LogP contribution in [0.15, 0.2) is 30.3 Å². The minimum absolute atomic E-state index is 0.160. The molecule has 3 heteroatoms. The number of ether oxygens (including phenoxy) is 1. The van der Waals surface area contributed by atoms with Gasteiger partial charge >= 0.3 is 5.97 Å². The van der Waals surface area contributed by atoms with E-state index in [4.69, 9.17) is 0 Å². The van der Waals surface area contributed by atoms with E-state index in [-0.39, 0.29) is 5.97 Å². The van der Waals surface area contributed by atoms with E-state index in [0.717, 1.165) is 12.8 Å². The zero-order chi connectivity index (χ0) is 12.5. The molecule has 94 valence electrons. The number of hydrogen-bond acceptors (Lipinski definition) is 3. The third-order valence-corrected chi connectivity index (χ3v) is 2.81. The molecule has 1 aromatic carbocycles. The monoisotopic (exact) mass is 235 g/mol. The van der Waals surface area contributed by atoms with Gasteiger partial charge < -0.3 is 10.1 Å². The van der Waals surface area contributed by atoms with Gasteiger partial charge in [-0.15, -0.1) is 0 Å². The van der Waals surface area contributed by atoms with Gasteiger partial charge in [0.05, 0.1) is 13.5 Å². The van der Waals surface area contributed by atoms with Gasteiger partial charge in [-0.05, 0) is 18.4 Å². The van der Waals surface area contributed by atoms with Gasteiger partial charge in [0.25, 0.3) is 0 Å². The number of benzene rings is 1. The minimum Gasteiger partial charge on any atom is -0.469 e. The molecule has 0 heterocycles. The summed E-state index contributed by atoms with van der Waals surface area (Å²) in [6, 6.07) is 10.8. The Labute approximate surface area is 103 Å². The second-order valence-corrected chi connectivity index (χ2v) is 4.08. The highest BCUT2D eigenvalue weighted by Gasteiger charge is 2.07. The second-order valence-electron chi connectivity index (χ2n) is 4.08. The van der Waals surface area contributed by atoms with E-state index in [1.807, 2.05) is 6.07 Å². The fourth-order valence-corrected chi connectivity index (χ4v) is 1.74. The van der Waals surface area contributed by atoms with Crippen LogP contribution in [-0.2, 0) is 16.0 Å². The third kappa shape index (κ3) is 5.50. The van der Waals surface area contributed by atoms with Crippen LogP contribution in [0, 0.1) is 0 Å². The lowest BCUT2D eigenvalue weighted by Crippen LogP contribution is -2.32. The quantitative estimate of drug-likeness (QED) is 0.736. The standard InChI is InChI=1S/C14H21NO2/c1-3-13(15-10-9-14(16)17-2)11-12-7-5-4-6-8-12/h4-8,13,15H,3,9-11H2,1-2H3. The summed E-state index contributed by atoms with van der Waals surface area (Å²) in [5.74, 6) is -0.160. The number of rotatable bonds is 7. The largest absolute Gasteiger partial charge is 0.469 e. The smallest absolute Gasteiger partial charge is 0.306 e. The van der Waals surface area contributed by atoms with Crippen LogP contribution in [0.4, 0.5) is 0 Å². The third-order valence-electron chi connectivity index (χ3n) is 2.81. The molecule has 0 fully saturated rings. The van der Waals surface area contributed by atoms with E-state index < -0.39 is 0 Å². The molecule has 0 saturated heterocycles. The first kappa shape index (κ1) is 13.7. The number of carbonyl (C=O) groups is 1. The fraction of sp³-hybridized carbons (Fsp3) is 0.500. The van der Waals surface area contributed by atoms with Gasteiger partial charge in [-0.2, -0.15) is 0 Å². The molecule has 17 heavy (non-hydrogen) atoms. The molecule has 0 aliphatic carbocycles. The Bertz CT molecular complexity index is 324. The summed E-state index contributed by atoms with van der Waals surface area (Å²) in [5.41, 5.74) is 1.32. The Balaban J connectivity index is 2.31. The van der Waals surface area contributed by atoms with Gasteiger partial charge in [0.1, 0.15) is 0 Å². The molecule has 0 aromatic heterocycles. The maximum atomic E-state index is 11.0. The summed E-state index contributed by atoms with van der Waals surface area (Å²) >= 11 is 0. The van der Waals surface area contributed by atoms with E-state index >= 15 is 0 Å². The van der Waals surface area contributed by atoms with E-state index in [9.17, 15) is 4.79 Å². The molecule has 1 N–H and O–H groups in total. The van der Waals surface area contributed by atoms with E-state index in [1.54, 1.807) is 0 Å². The summed E-state index contributed by atoms with van der Waals surface area (Å²) < 4.78 is 4.61. The molecule has 0 bridgehead atoms. The van der Waals surface area contributed by atoms with Crippen LogP contribution in [0.1, 0.15) is 25.3 Å². The number of carbonyl (C=O) groups excluding carboxylic acids is 1. The van der Waals surface area contributed by atoms with Gasteiger partial charge in [-0.3, -0.25) is 4.79 Å². The summed E-state index contributed by atoms with van der Waals surface area (Å²) in [4.78, 5) is 11.0. The molecular formula is C14H21NO2. The molecule has 1 atom stereocenters. The average Bonchev–Trinajstić information content (AvgIpc) is 2.38. The molecule has 1 unspecified atom stereocenters. The van der Waals surface area contributed by atoms with Crippen molar-refractivity contribution in [1.82, 2.24) is 5.32 Å². The fourth-order valence-electron chi connectivity index (χ4n) is 1.74. The van der Waals surface area contributed by atoms with Gasteiger partial charge in [0.15, 0.2) is 0 Å². The van der Waals surface area contributed by atoms with E-state index in [1.165, 1.54) is 12.7 Å². The molecule has 1 rings (SSSR count). The molecular weight excluding hydrogens is 214 g/mol. The van der Waals surface area contributed by atoms with Crippen LogP contribution in [0.2, 0.25) is 0 Å². The van der Waals surface area contributed by atoms with Gasteiger partial charge in [0, 0.05) is 12.6 Å². The van der Waals surface area contributed by atoms with Crippen LogP contribution in [-0.4, -0.2) is 25.7 Å². The Kier molecular flexibility index (Phi) is 6.33. The van der Waals surface area contributed by atoms with Crippen molar-refractivity contribution in [3.05, 3.63) is 35.9 Å². The molecule has 1 aromatic rings. The van der Waals surface area contributed by atoms with Crippen molar-refractivity contribution in [2.75, 3.05) is 13.7 Å². The average molecular weight is 235 g/mol. The highest BCUT2D eigenvalue weighted by atomic mass is 16.5. The van der Waals surface area contributed by atoms with Crippen LogP contribution in [0.5, 0.6) is 0 Å². The molecule has 0 spiro atoms. The van der Waals surface area contributed by atoms with Gasteiger partial charge in [-0.25, -0.2) is 0 Å². The van der Waals surface area contributed by atoms with Crippen molar-refractivity contribution in [2.24, 2.45) is 0 Å². The number of methoxy groups -OCH3 is 1. The lowest BCUT2D eigenvalue weighted by Gasteiger charge is -2.16. The normalized spacial score (nSPS) is 12.1. The summed E-state index contributed by atoms with van der Waals surface area (Å²) in [6.45, 7) is 2.83. The highest BCUT2D eigenvalue weighted by Crippen LogP contribution is 2.05. The van der Waals surface area contributed by atoms with Crippen LogP contribution >= 0.6 is 0 Å². The molecule has 0 radical (unpaired) electrons. The van der Waals surface area contributed by atoms with Crippen molar-refractivity contribution in [3.63, 3.8) is 0 Å². The zero-order valence-corrected chi connectivity index (χ0v) is 10.6. The van der Waals surface area contributed by atoms with E-state index in [0.29, 0.717) is 19.0 Å². The first-order chi connectivity index (χ1) is 8.26. The summed E-state index contributed by atoms with van der Waals surface area (Å²) in [7, 11) is 1.42. The van der Waals surface area contributed by atoms with Crippen molar-refractivity contribution in [1.29, 1.82) is 0 Å². The Morgan fingerprint density at radius 1 is 1.35 bits per heavy atom. The first-order valence-corrected chi connectivity index (χ1v) is 6.10. The minimum atomic E-state index is -0.160. The number of nitrogens with one attached hydrogen (secondary N) is 1. The van der Waals surface area contributed by atoms with E-state index in [2.05, 4.69) is 41.2 Å². The van der Waals surface area contributed by atoms with Crippen LogP contribution in [0.25, 0.3) is 0 Å². The first-order valence-electron chi connectivity index (χ1n) is 6.10. The Morgan fingerprint density at radius 3 is 2.65 bits per heavy atom. The Morgan fingerprint density at radius 2 is 2.06 bits per heavy atom. The summed E-state index contributed by atoms with van der Waals surface area (Å²) in [5, 5.41) is 3.38. The van der Waals surface area contributed by atoms with Crippen LogP contribution < -0.4 is 5.32 Å². The lowest BCUT2D eigenvalue weighted by atomic mass is 10.0. The lowest BCUT2D eigenvalue weighted by molar-refractivity contribution is -0.140. The number of hydrogen-bond donors (Lipinski definition) is 1. The predicted molar refractivity (Wildman–Crippen MR) is 68.9 cm³/mol. The predicted octanol–water partition coefficient (Wildman–Crippen LogP) is 2.16. The molecule has 0 aliphatic heterocycles.